The SMILES string of the molecule is CCOC(=O)CNC(=O)[C@@H]1CC(=NOC)CN1C(=O)c1ccc(-c2ccccc2)cc1. The Labute approximate surface area is 180 Å². The highest BCUT2D eigenvalue weighted by Crippen LogP contribution is 2.23. The van der Waals surface area contributed by atoms with Gasteiger partial charge in [0.05, 0.1) is 18.9 Å². The predicted molar refractivity (Wildman–Crippen MR) is 115 cm³/mol. The number of rotatable bonds is 7. The van der Waals surface area contributed by atoms with E-state index in [9.17, 15) is 14.4 Å². The summed E-state index contributed by atoms with van der Waals surface area (Å²) >= 11 is 0. The summed E-state index contributed by atoms with van der Waals surface area (Å²) in [6.45, 7) is 1.83. The smallest absolute Gasteiger partial charge is 0.325 e. The molecule has 0 spiro atoms. The van der Waals surface area contributed by atoms with Crippen LogP contribution >= 0.6 is 0 Å². The van der Waals surface area contributed by atoms with Gasteiger partial charge in [-0.3, -0.25) is 14.4 Å². The maximum absolute atomic E-state index is 13.2. The lowest BCUT2D eigenvalue weighted by Gasteiger charge is -2.23. The number of ether oxygens (including phenoxy) is 1. The molecule has 8 heteroatoms. The molecule has 1 N–H and O–H groups in total. The molecular weight excluding hydrogens is 398 g/mol. The van der Waals surface area contributed by atoms with Crippen LogP contribution in [0.2, 0.25) is 0 Å². The summed E-state index contributed by atoms with van der Waals surface area (Å²) in [5, 5.41) is 6.45. The van der Waals surface area contributed by atoms with Crippen LogP contribution in [0.1, 0.15) is 23.7 Å². The van der Waals surface area contributed by atoms with Gasteiger partial charge in [0.1, 0.15) is 19.7 Å². The first-order valence-corrected chi connectivity index (χ1v) is 10.0. The van der Waals surface area contributed by atoms with Crippen molar-refractivity contribution in [3.63, 3.8) is 0 Å². The Bertz CT molecular complexity index is 957. The third-order valence-electron chi connectivity index (χ3n) is 4.89. The number of likely N-dealkylation sites (tertiary alicyclic amines) is 1. The Morgan fingerprint density at radius 2 is 1.74 bits per heavy atom. The Morgan fingerprint density at radius 1 is 1.06 bits per heavy atom. The van der Waals surface area contributed by atoms with Crippen LogP contribution in [-0.2, 0) is 19.2 Å². The highest BCUT2D eigenvalue weighted by Gasteiger charge is 2.38. The summed E-state index contributed by atoms with van der Waals surface area (Å²) in [6, 6.07) is 16.3. The molecular formula is C23H25N3O5. The lowest BCUT2D eigenvalue weighted by molar-refractivity contribution is -0.143. The van der Waals surface area contributed by atoms with E-state index in [0.717, 1.165) is 11.1 Å². The standard InChI is InChI=1S/C23H25N3O5/c1-3-31-21(27)14-24-22(28)20-13-19(25-30-2)15-26(20)23(29)18-11-9-17(10-12-18)16-7-5-4-6-8-16/h4-12,20H,3,13-15H2,1-2H3,(H,24,28)/t20-/m0/s1. The second-order valence-corrected chi connectivity index (χ2v) is 6.96. The average Bonchev–Trinajstić information content (AvgIpc) is 3.22. The number of amides is 2. The zero-order chi connectivity index (χ0) is 22.2. The van der Waals surface area contributed by atoms with Gasteiger partial charge in [-0.15, -0.1) is 0 Å². The number of nitrogens with zero attached hydrogens (tertiary/aromatic N) is 2. The third-order valence-corrected chi connectivity index (χ3v) is 4.89. The fourth-order valence-corrected chi connectivity index (χ4v) is 3.44. The minimum Gasteiger partial charge on any atom is -0.465 e. The van der Waals surface area contributed by atoms with Crippen molar-refractivity contribution in [3.05, 3.63) is 60.2 Å². The van der Waals surface area contributed by atoms with Gasteiger partial charge in [0.25, 0.3) is 5.91 Å². The van der Waals surface area contributed by atoms with Gasteiger partial charge in [0.15, 0.2) is 0 Å². The van der Waals surface area contributed by atoms with Crippen molar-refractivity contribution in [3.8, 4) is 11.1 Å². The molecule has 1 saturated heterocycles. The minimum absolute atomic E-state index is 0.171. The molecule has 0 unspecified atom stereocenters. The van der Waals surface area contributed by atoms with Gasteiger partial charge in [-0.05, 0) is 30.2 Å². The molecule has 0 saturated carbocycles. The normalized spacial score (nSPS) is 16.8. The first kappa shape index (κ1) is 22.0. The van der Waals surface area contributed by atoms with Gasteiger partial charge >= 0.3 is 5.97 Å². The lowest BCUT2D eigenvalue weighted by atomic mass is 10.0. The van der Waals surface area contributed by atoms with E-state index in [2.05, 4.69) is 10.5 Å². The second kappa shape index (κ2) is 10.4. The number of oxime groups is 1. The van der Waals surface area contributed by atoms with Crippen LogP contribution in [0.3, 0.4) is 0 Å². The van der Waals surface area contributed by atoms with Crippen molar-refractivity contribution in [2.75, 3.05) is 26.8 Å². The quantitative estimate of drug-likeness (QED) is 0.544. The second-order valence-electron chi connectivity index (χ2n) is 6.96. The van der Waals surface area contributed by atoms with E-state index in [1.165, 1.54) is 12.0 Å². The van der Waals surface area contributed by atoms with Gasteiger partial charge in [-0.25, -0.2) is 0 Å². The number of carbonyl (C=O) groups excluding carboxylic acids is 3. The number of esters is 1. The fourth-order valence-electron chi connectivity index (χ4n) is 3.44. The van der Waals surface area contributed by atoms with Crippen molar-refractivity contribution >= 4 is 23.5 Å². The van der Waals surface area contributed by atoms with Crippen LogP contribution in [0, 0.1) is 0 Å². The molecule has 0 bridgehead atoms. The van der Waals surface area contributed by atoms with Gasteiger partial charge in [0.2, 0.25) is 5.91 Å². The van der Waals surface area contributed by atoms with E-state index < -0.39 is 17.9 Å². The van der Waals surface area contributed by atoms with Crippen molar-refractivity contribution in [2.45, 2.75) is 19.4 Å². The predicted octanol–water partition coefficient (Wildman–Crippen LogP) is 2.25. The number of hydrogen-bond acceptors (Lipinski definition) is 6. The average molecular weight is 423 g/mol. The van der Waals surface area contributed by atoms with Crippen LogP contribution in [0.5, 0.6) is 0 Å². The van der Waals surface area contributed by atoms with Crippen molar-refractivity contribution in [1.82, 2.24) is 10.2 Å². The van der Waals surface area contributed by atoms with Gasteiger partial charge in [0, 0.05) is 12.0 Å². The Hall–Kier alpha value is -3.68. The first-order chi connectivity index (χ1) is 15.0. The molecule has 2 aromatic carbocycles. The van der Waals surface area contributed by atoms with Crippen LogP contribution in [0.25, 0.3) is 11.1 Å². The number of hydrogen-bond donors (Lipinski definition) is 1. The van der Waals surface area contributed by atoms with Gasteiger partial charge < -0.3 is 19.8 Å². The molecule has 2 amide bonds. The molecule has 1 atom stereocenters. The third kappa shape index (κ3) is 5.48. The van der Waals surface area contributed by atoms with Gasteiger partial charge in [-0.1, -0.05) is 47.6 Å². The first-order valence-electron chi connectivity index (χ1n) is 10.0. The van der Waals surface area contributed by atoms with Gasteiger partial charge in [-0.2, -0.15) is 0 Å². The highest BCUT2D eigenvalue weighted by molar-refractivity contribution is 6.05. The summed E-state index contributed by atoms with van der Waals surface area (Å²) in [7, 11) is 1.41. The molecule has 0 aromatic heterocycles. The van der Waals surface area contributed by atoms with Crippen molar-refractivity contribution in [2.24, 2.45) is 5.16 Å². The number of benzene rings is 2. The number of carbonyl (C=O) groups is 3. The van der Waals surface area contributed by atoms with E-state index >= 15 is 0 Å². The molecule has 8 nitrogen and oxygen atoms in total. The summed E-state index contributed by atoms with van der Waals surface area (Å²) in [5.74, 6) is -1.27. The zero-order valence-corrected chi connectivity index (χ0v) is 17.5. The summed E-state index contributed by atoms with van der Waals surface area (Å²) in [5.41, 5.74) is 3.08. The zero-order valence-electron chi connectivity index (χ0n) is 17.5. The van der Waals surface area contributed by atoms with Crippen LogP contribution < -0.4 is 5.32 Å². The largest absolute Gasteiger partial charge is 0.465 e. The molecule has 1 fully saturated rings. The molecule has 1 heterocycles. The van der Waals surface area contributed by atoms with Crippen LogP contribution in [-0.4, -0.2) is 61.2 Å². The van der Waals surface area contributed by atoms with E-state index in [4.69, 9.17) is 9.57 Å². The van der Waals surface area contributed by atoms with E-state index in [1.54, 1.807) is 19.1 Å². The summed E-state index contributed by atoms with van der Waals surface area (Å²) in [6.07, 6.45) is 0.232. The van der Waals surface area contributed by atoms with Crippen LogP contribution in [0.4, 0.5) is 0 Å². The van der Waals surface area contributed by atoms with E-state index in [-0.39, 0.29) is 32.0 Å². The number of nitrogens with one attached hydrogen (secondary N) is 1. The Kier molecular flexibility index (Phi) is 7.37. The molecule has 162 valence electrons. The molecule has 1 aliphatic heterocycles. The molecule has 0 aliphatic carbocycles. The van der Waals surface area contributed by atoms with Crippen molar-refractivity contribution in [1.29, 1.82) is 0 Å². The van der Waals surface area contributed by atoms with E-state index in [0.29, 0.717) is 11.3 Å². The fraction of sp³-hybridized carbons (Fsp3) is 0.304. The minimum atomic E-state index is -0.787. The monoisotopic (exact) mass is 423 g/mol. The molecule has 0 radical (unpaired) electrons. The van der Waals surface area contributed by atoms with Crippen molar-refractivity contribution < 1.29 is 24.0 Å². The van der Waals surface area contributed by atoms with Crippen LogP contribution in [0.15, 0.2) is 59.8 Å². The molecule has 3 rings (SSSR count). The highest BCUT2D eigenvalue weighted by atomic mass is 16.6. The topological polar surface area (TPSA) is 97.3 Å². The molecule has 2 aromatic rings. The van der Waals surface area contributed by atoms with E-state index in [1.807, 2.05) is 42.5 Å². The Balaban J connectivity index is 1.75. The summed E-state index contributed by atoms with van der Waals surface area (Å²) in [4.78, 5) is 43.7. The molecule has 1 aliphatic rings. The Morgan fingerprint density at radius 3 is 2.39 bits per heavy atom. The maximum atomic E-state index is 13.2. The summed E-state index contributed by atoms with van der Waals surface area (Å²) < 4.78 is 4.83. The lowest BCUT2D eigenvalue weighted by Crippen LogP contribution is -2.47. The maximum Gasteiger partial charge on any atom is 0.325 e. The molecule has 31 heavy (non-hydrogen) atoms.